The van der Waals surface area contributed by atoms with Crippen LogP contribution in [-0.2, 0) is 11.3 Å². The molecule has 2 amide bonds. The lowest BCUT2D eigenvalue weighted by atomic mass is 9.94. The molecule has 2 heterocycles. The molecule has 0 spiro atoms. The van der Waals surface area contributed by atoms with E-state index in [1.165, 1.54) is 12.0 Å². The first-order chi connectivity index (χ1) is 17.6. The number of nitrogens with one attached hydrogen (secondary N) is 1. The summed E-state index contributed by atoms with van der Waals surface area (Å²) in [6, 6.07) is 13.7. The maximum absolute atomic E-state index is 13.9. The third kappa shape index (κ3) is 4.81. The molecule has 7 nitrogen and oxygen atoms in total. The van der Waals surface area contributed by atoms with Crippen LogP contribution in [0.2, 0.25) is 0 Å². The Kier molecular flexibility index (Phi) is 7.46. The highest BCUT2D eigenvalue weighted by Gasteiger charge is 2.47. The molecule has 0 aromatic heterocycles. The SMILES string of the molecule is COc1ccc2c(c1OC)C(=O)N(C1CCN(Cc3ccccc3)CC1)C2C(=O)NC1CCCCC1. The Morgan fingerprint density at radius 1 is 0.944 bits per heavy atom. The van der Waals surface area contributed by atoms with E-state index in [4.69, 9.17) is 9.47 Å². The summed E-state index contributed by atoms with van der Waals surface area (Å²) in [7, 11) is 3.12. The Labute approximate surface area is 213 Å². The predicted molar refractivity (Wildman–Crippen MR) is 138 cm³/mol. The van der Waals surface area contributed by atoms with E-state index in [0.717, 1.165) is 63.7 Å². The zero-order valence-corrected chi connectivity index (χ0v) is 21.4. The minimum atomic E-state index is -0.639. The van der Waals surface area contributed by atoms with Crippen LogP contribution in [-0.4, -0.2) is 61.0 Å². The van der Waals surface area contributed by atoms with Gasteiger partial charge in [0.15, 0.2) is 11.5 Å². The second-order valence-electron chi connectivity index (χ2n) is 10.2. The summed E-state index contributed by atoms with van der Waals surface area (Å²) in [5.74, 6) is 0.717. The Balaban J connectivity index is 1.39. The van der Waals surface area contributed by atoms with Gasteiger partial charge in [0.2, 0.25) is 5.91 Å². The van der Waals surface area contributed by atoms with Crippen molar-refractivity contribution in [3.63, 3.8) is 0 Å². The fraction of sp³-hybridized carbons (Fsp3) is 0.517. The van der Waals surface area contributed by atoms with Gasteiger partial charge in [-0.25, -0.2) is 0 Å². The van der Waals surface area contributed by atoms with Crippen LogP contribution in [0.1, 0.15) is 72.5 Å². The lowest BCUT2D eigenvalue weighted by Crippen LogP contribution is -2.50. The Hall–Kier alpha value is -3.06. The minimum Gasteiger partial charge on any atom is -0.493 e. The Bertz CT molecular complexity index is 1080. The molecule has 3 aliphatic rings. The van der Waals surface area contributed by atoms with Gasteiger partial charge in [-0.15, -0.1) is 0 Å². The van der Waals surface area contributed by atoms with Gasteiger partial charge >= 0.3 is 0 Å². The van der Waals surface area contributed by atoms with Crippen LogP contribution < -0.4 is 14.8 Å². The molecule has 7 heteroatoms. The number of amides is 2. The molecule has 1 saturated carbocycles. The topological polar surface area (TPSA) is 71.1 Å². The van der Waals surface area contributed by atoms with Gasteiger partial charge in [-0.3, -0.25) is 14.5 Å². The zero-order valence-electron chi connectivity index (χ0n) is 21.4. The highest BCUT2D eigenvalue weighted by molar-refractivity contribution is 6.07. The van der Waals surface area contributed by atoms with E-state index < -0.39 is 6.04 Å². The molecule has 1 saturated heterocycles. The van der Waals surface area contributed by atoms with Crippen molar-refractivity contribution in [3.05, 3.63) is 59.2 Å². The van der Waals surface area contributed by atoms with Crippen molar-refractivity contribution in [1.29, 1.82) is 0 Å². The zero-order chi connectivity index (χ0) is 25.1. The molecule has 192 valence electrons. The van der Waals surface area contributed by atoms with Crippen molar-refractivity contribution in [2.75, 3.05) is 27.3 Å². The Morgan fingerprint density at radius 2 is 1.67 bits per heavy atom. The van der Waals surface area contributed by atoms with Crippen molar-refractivity contribution in [2.45, 2.75) is 69.6 Å². The van der Waals surface area contributed by atoms with Crippen LogP contribution in [0.25, 0.3) is 0 Å². The highest BCUT2D eigenvalue weighted by atomic mass is 16.5. The molecule has 2 aromatic rings. The third-order valence-electron chi connectivity index (χ3n) is 8.00. The lowest BCUT2D eigenvalue weighted by molar-refractivity contribution is -0.127. The molecule has 2 aromatic carbocycles. The van der Waals surface area contributed by atoms with E-state index in [9.17, 15) is 9.59 Å². The number of piperidine rings is 1. The number of fused-ring (bicyclic) bond motifs is 1. The molecule has 5 rings (SSSR count). The van der Waals surface area contributed by atoms with Gasteiger partial charge in [-0.2, -0.15) is 0 Å². The molecule has 1 N–H and O–H groups in total. The molecule has 1 atom stereocenters. The first kappa shape index (κ1) is 24.6. The standard InChI is InChI=1S/C29H37N3O4/c1-35-24-14-13-23-25(27(24)36-2)29(34)32(26(23)28(33)30-21-11-7-4-8-12-21)22-15-17-31(18-16-22)19-20-9-5-3-6-10-20/h3,5-6,9-10,13-14,21-22,26H,4,7-8,11-12,15-19H2,1-2H3,(H,30,33). The van der Waals surface area contributed by atoms with Crippen LogP contribution in [0.15, 0.2) is 42.5 Å². The van der Waals surface area contributed by atoms with Crippen molar-refractivity contribution in [1.82, 2.24) is 15.1 Å². The van der Waals surface area contributed by atoms with E-state index in [1.807, 2.05) is 17.0 Å². The van der Waals surface area contributed by atoms with Gasteiger partial charge < -0.3 is 19.7 Å². The van der Waals surface area contributed by atoms with E-state index in [0.29, 0.717) is 17.1 Å². The van der Waals surface area contributed by atoms with Gasteiger partial charge in [0.25, 0.3) is 5.91 Å². The van der Waals surface area contributed by atoms with E-state index in [1.54, 1.807) is 20.3 Å². The number of ether oxygens (including phenoxy) is 2. The van der Waals surface area contributed by atoms with Gasteiger partial charge in [0, 0.05) is 37.3 Å². The summed E-state index contributed by atoms with van der Waals surface area (Å²) in [5.41, 5.74) is 2.48. The molecule has 2 aliphatic heterocycles. The van der Waals surface area contributed by atoms with Crippen molar-refractivity contribution in [2.24, 2.45) is 0 Å². The number of nitrogens with zero attached hydrogens (tertiary/aromatic N) is 2. The van der Waals surface area contributed by atoms with E-state index in [-0.39, 0.29) is 23.9 Å². The van der Waals surface area contributed by atoms with Crippen LogP contribution in [0.3, 0.4) is 0 Å². The summed E-state index contributed by atoms with van der Waals surface area (Å²) in [5, 5.41) is 3.28. The second-order valence-corrected chi connectivity index (χ2v) is 10.2. The monoisotopic (exact) mass is 491 g/mol. The normalized spacial score (nSPS) is 21.3. The lowest BCUT2D eigenvalue weighted by Gasteiger charge is -2.39. The van der Waals surface area contributed by atoms with Crippen LogP contribution in [0, 0.1) is 0 Å². The summed E-state index contributed by atoms with van der Waals surface area (Å²) in [6.45, 7) is 2.67. The van der Waals surface area contributed by atoms with Gasteiger partial charge in [0.05, 0.1) is 19.8 Å². The fourth-order valence-electron chi connectivity index (χ4n) is 6.16. The average Bonchev–Trinajstić information content (AvgIpc) is 3.22. The summed E-state index contributed by atoms with van der Waals surface area (Å²) in [6.07, 6.45) is 7.17. The first-order valence-corrected chi connectivity index (χ1v) is 13.2. The fourth-order valence-corrected chi connectivity index (χ4v) is 6.16. The summed E-state index contributed by atoms with van der Waals surface area (Å²) >= 11 is 0. The molecular formula is C29H37N3O4. The number of carbonyl (C=O) groups is 2. The molecule has 1 unspecified atom stereocenters. The van der Waals surface area contributed by atoms with Crippen molar-refractivity contribution in [3.8, 4) is 11.5 Å². The summed E-state index contributed by atoms with van der Waals surface area (Å²) in [4.78, 5) is 31.9. The van der Waals surface area contributed by atoms with Crippen LogP contribution in [0.5, 0.6) is 11.5 Å². The minimum absolute atomic E-state index is 0.00488. The molecule has 0 radical (unpaired) electrons. The predicted octanol–water partition coefficient (Wildman–Crippen LogP) is 4.31. The van der Waals surface area contributed by atoms with Crippen molar-refractivity contribution >= 4 is 11.8 Å². The maximum Gasteiger partial charge on any atom is 0.259 e. The molecule has 0 bridgehead atoms. The number of hydrogen-bond acceptors (Lipinski definition) is 5. The first-order valence-electron chi connectivity index (χ1n) is 13.2. The molecular weight excluding hydrogens is 454 g/mol. The third-order valence-corrected chi connectivity index (χ3v) is 8.00. The second kappa shape index (κ2) is 10.9. The van der Waals surface area contributed by atoms with Gasteiger partial charge in [-0.1, -0.05) is 55.7 Å². The van der Waals surface area contributed by atoms with E-state index in [2.05, 4.69) is 34.5 Å². The number of benzene rings is 2. The number of methoxy groups -OCH3 is 2. The average molecular weight is 492 g/mol. The number of hydrogen-bond donors (Lipinski definition) is 1. The smallest absolute Gasteiger partial charge is 0.259 e. The van der Waals surface area contributed by atoms with Crippen LogP contribution >= 0.6 is 0 Å². The maximum atomic E-state index is 13.9. The molecule has 2 fully saturated rings. The summed E-state index contributed by atoms with van der Waals surface area (Å²) < 4.78 is 11.1. The number of rotatable bonds is 7. The number of carbonyl (C=O) groups excluding carboxylic acids is 2. The molecule has 1 aliphatic carbocycles. The largest absolute Gasteiger partial charge is 0.493 e. The number of likely N-dealkylation sites (tertiary alicyclic amines) is 1. The van der Waals surface area contributed by atoms with Gasteiger partial charge in [-0.05, 0) is 37.3 Å². The quantitative estimate of drug-likeness (QED) is 0.625. The van der Waals surface area contributed by atoms with Crippen molar-refractivity contribution < 1.29 is 19.1 Å². The van der Waals surface area contributed by atoms with Crippen LogP contribution in [0.4, 0.5) is 0 Å². The highest BCUT2D eigenvalue weighted by Crippen LogP contribution is 2.45. The van der Waals surface area contributed by atoms with E-state index >= 15 is 0 Å². The van der Waals surface area contributed by atoms with Gasteiger partial charge in [0.1, 0.15) is 6.04 Å². The Morgan fingerprint density at radius 3 is 2.33 bits per heavy atom. The molecule has 36 heavy (non-hydrogen) atoms.